The molecule has 0 unspecified atom stereocenters. The van der Waals surface area contributed by atoms with Crippen LogP contribution in [0.2, 0.25) is 0 Å². The van der Waals surface area contributed by atoms with Crippen LogP contribution in [0.25, 0.3) is 0 Å². The summed E-state index contributed by atoms with van der Waals surface area (Å²) in [6.45, 7) is 3.46. The highest BCUT2D eigenvalue weighted by atomic mass is 19.3. The molecule has 6 heteroatoms. The summed E-state index contributed by atoms with van der Waals surface area (Å²) in [5.41, 5.74) is 1.43. The van der Waals surface area contributed by atoms with Crippen LogP contribution in [0.3, 0.4) is 0 Å². The number of hydrogen-bond acceptors (Lipinski definition) is 2. The van der Waals surface area contributed by atoms with Gasteiger partial charge in [-0.1, -0.05) is 30.3 Å². The zero-order valence-electron chi connectivity index (χ0n) is 13.8. The molecule has 1 aromatic carbocycles. The van der Waals surface area contributed by atoms with Crippen LogP contribution in [0.1, 0.15) is 42.2 Å². The number of amides is 1. The number of halogens is 2. The number of hydrogen-bond donors (Lipinski definition) is 0. The van der Waals surface area contributed by atoms with Crippen LogP contribution in [0, 0.1) is 0 Å². The van der Waals surface area contributed by atoms with Gasteiger partial charge in [0.05, 0.1) is 0 Å². The minimum atomic E-state index is -2.54. The van der Waals surface area contributed by atoms with E-state index >= 15 is 0 Å². The summed E-state index contributed by atoms with van der Waals surface area (Å²) in [4.78, 5) is 14.7. The van der Waals surface area contributed by atoms with Crippen molar-refractivity contribution in [1.82, 2.24) is 14.7 Å². The highest BCUT2D eigenvalue weighted by Crippen LogP contribution is 2.38. The maximum Gasteiger partial charge on any atom is 0.272 e. The number of aromatic nitrogens is 2. The van der Waals surface area contributed by atoms with Gasteiger partial charge in [-0.25, -0.2) is 8.78 Å². The van der Waals surface area contributed by atoms with Crippen LogP contribution < -0.4 is 0 Å². The number of carbonyl (C=O) groups is 1. The van der Waals surface area contributed by atoms with Crippen LogP contribution in [0.5, 0.6) is 0 Å². The summed E-state index contributed by atoms with van der Waals surface area (Å²) in [6, 6.07) is 11.7. The van der Waals surface area contributed by atoms with Crippen molar-refractivity contribution >= 4 is 5.91 Å². The fourth-order valence-electron chi connectivity index (χ4n) is 3.70. The van der Waals surface area contributed by atoms with Crippen molar-refractivity contribution in [2.75, 3.05) is 0 Å². The molecule has 3 atom stereocenters. The first-order chi connectivity index (χ1) is 11.5. The van der Waals surface area contributed by atoms with Gasteiger partial charge in [0.1, 0.15) is 12.2 Å². The topological polar surface area (TPSA) is 38.1 Å². The van der Waals surface area contributed by atoms with E-state index in [9.17, 15) is 13.6 Å². The van der Waals surface area contributed by atoms with E-state index in [1.807, 2.05) is 32.0 Å². The molecular formula is C18H21F2N3O. The van der Waals surface area contributed by atoms with E-state index in [0.717, 1.165) is 11.1 Å². The normalized spacial score (nSPS) is 23.9. The molecule has 1 fully saturated rings. The monoisotopic (exact) mass is 333 g/mol. The van der Waals surface area contributed by atoms with Gasteiger partial charge in [-0.2, -0.15) is 5.10 Å². The van der Waals surface area contributed by atoms with Crippen molar-refractivity contribution in [1.29, 1.82) is 0 Å². The molecule has 0 aliphatic carbocycles. The Labute approximate surface area is 140 Å². The van der Waals surface area contributed by atoms with Gasteiger partial charge in [0, 0.05) is 24.2 Å². The molecule has 0 radical (unpaired) electrons. The number of likely N-dealkylation sites (tertiary alicyclic amines) is 1. The molecule has 1 aromatic heterocycles. The minimum Gasteiger partial charge on any atom is -0.331 e. The maximum absolute atomic E-state index is 12.9. The summed E-state index contributed by atoms with van der Waals surface area (Å²) in [5.74, 6) is 0.0169. The summed E-state index contributed by atoms with van der Waals surface area (Å²) in [7, 11) is 0. The molecule has 0 saturated carbocycles. The molecule has 128 valence electrons. The lowest BCUT2D eigenvalue weighted by molar-refractivity contribution is 0.0663. The van der Waals surface area contributed by atoms with E-state index in [4.69, 9.17) is 0 Å². The van der Waals surface area contributed by atoms with Crippen LogP contribution >= 0.6 is 0 Å². The van der Waals surface area contributed by atoms with Crippen LogP contribution in [-0.4, -0.2) is 39.1 Å². The number of benzene rings is 1. The molecule has 2 aromatic rings. The number of rotatable bonds is 4. The Morgan fingerprint density at radius 3 is 2.62 bits per heavy atom. The predicted molar refractivity (Wildman–Crippen MR) is 87.1 cm³/mol. The Morgan fingerprint density at radius 1 is 1.25 bits per heavy atom. The Kier molecular flexibility index (Phi) is 4.64. The summed E-state index contributed by atoms with van der Waals surface area (Å²) in [6.07, 6.45) is -0.280. The minimum absolute atomic E-state index is 0.00444. The Bertz CT molecular complexity index is 701. The molecule has 1 aliphatic heterocycles. The van der Waals surface area contributed by atoms with E-state index in [-0.39, 0.29) is 29.6 Å². The Hall–Kier alpha value is -2.24. The van der Waals surface area contributed by atoms with E-state index in [0.29, 0.717) is 0 Å². The fourth-order valence-corrected chi connectivity index (χ4v) is 3.70. The first kappa shape index (κ1) is 16.6. The molecule has 0 bridgehead atoms. The quantitative estimate of drug-likeness (QED) is 0.858. The third-order valence-electron chi connectivity index (χ3n) is 4.80. The second kappa shape index (κ2) is 6.71. The van der Waals surface area contributed by atoms with Crippen LogP contribution in [-0.2, 0) is 6.54 Å². The molecule has 4 nitrogen and oxygen atoms in total. The lowest BCUT2D eigenvalue weighted by atomic mass is 9.92. The molecule has 0 spiro atoms. The standard InChI is InChI=1S/C18H21F2N3O/c1-12-10-15(14-6-4-3-5-7-14)13(2)23(12)18(24)16-8-9-21-22(16)11-17(19)20/h3-9,12-13,15,17H,10-11H2,1-2H3/t12-,13+,15+/m1/s1. The largest absolute Gasteiger partial charge is 0.331 e. The average molecular weight is 333 g/mol. The third kappa shape index (κ3) is 3.05. The van der Waals surface area contributed by atoms with Crippen molar-refractivity contribution in [2.45, 2.75) is 51.2 Å². The van der Waals surface area contributed by atoms with Crippen LogP contribution in [0.4, 0.5) is 8.78 Å². The number of nitrogens with zero attached hydrogens (tertiary/aromatic N) is 3. The predicted octanol–water partition coefficient (Wildman–Crippen LogP) is 3.55. The number of carbonyl (C=O) groups excluding carboxylic acids is 1. The summed E-state index contributed by atoms with van der Waals surface area (Å²) in [5, 5.41) is 3.87. The highest BCUT2D eigenvalue weighted by Gasteiger charge is 2.40. The second-order valence-corrected chi connectivity index (χ2v) is 6.34. The smallest absolute Gasteiger partial charge is 0.272 e. The third-order valence-corrected chi connectivity index (χ3v) is 4.80. The van der Waals surface area contributed by atoms with Gasteiger partial charge >= 0.3 is 0 Å². The van der Waals surface area contributed by atoms with Crippen LogP contribution in [0.15, 0.2) is 42.6 Å². The molecule has 1 aliphatic rings. The van der Waals surface area contributed by atoms with Gasteiger partial charge in [-0.05, 0) is 31.9 Å². The van der Waals surface area contributed by atoms with Crippen molar-refractivity contribution in [3.8, 4) is 0 Å². The SMILES string of the molecule is C[C@@H]1C[C@H](c2ccccc2)[C@H](C)N1C(=O)c1ccnn1CC(F)F. The molecule has 1 saturated heterocycles. The first-order valence-electron chi connectivity index (χ1n) is 8.16. The molecule has 24 heavy (non-hydrogen) atoms. The van der Waals surface area contributed by atoms with Crippen molar-refractivity contribution < 1.29 is 13.6 Å². The zero-order chi connectivity index (χ0) is 17.3. The summed E-state index contributed by atoms with van der Waals surface area (Å²) < 4.78 is 26.4. The second-order valence-electron chi connectivity index (χ2n) is 6.34. The van der Waals surface area contributed by atoms with Crippen molar-refractivity contribution in [2.24, 2.45) is 0 Å². The molecule has 0 N–H and O–H groups in total. The Balaban J connectivity index is 1.84. The van der Waals surface area contributed by atoms with Gasteiger partial charge in [-0.15, -0.1) is 0 Å². The lowest BCUT2D eigenvalue weighted by Crippen LogP contribution is -2.40. The van der Waals surface area contributed by atoms with Crippen molar-refractivity contribution in [3.63, 3.8) is 0 Å². The first-order valence-corrected chi connectivity index (χ1v) is 8.16. The van der Waals surface area contributed by atoms with E-state index in [2.05, 4.69) is 17.2 Å². The zero-order valence-corrected chi connectivity index (χ0v) is 13.8. The average Bonchev–Trinajstić information content (AvgIpc) is 3.11. The van der Waals surface area contributed by atoms with Gasteiger partial charge < -0.3 is 4.90 Å². The van der Waals surface area contributed by atoms with E-state index < -0.39 is 13.0 Å². The lowest BCUT2D eigenvalue weighted by Gasteiger charge is -2.28. The van der Waals surface area contributed by atoms with Gasteiger partial charge in [0.25, 0.3) is 12.3 Å². The van der Waals surface area contributed by atoms with Gasteiger partial charge in [-0.3, -0.25) is 9.48 Å². The molecule has 2 heterocycles. The highest BCUT2D eigenvalue weighted by molar-refractivity contribution is 5.93. The van der Waals surface area contributed by atoms with Gasteiger partial charge in [0.2, 0.25) is 0 Å². The number of alkyl halides is 2. The summed E-state index contributed by atoms with van der Waals surface area (Å²) >= 11 is 0. The fraction of sp³-hybridized carbons (Fsp3) is 0.444. The molecular weight excluding hydrogens is 312 g/mol. The van der Waals surface area contributed by atoms with E-state index in [1.54, 1.807) is 4.90 Å². The van der Waals surface area contributed by atoms with Crippen molar-refractivity contribution in [3.05, 3.63) is 53.9 Å². The van der Waals surface area contributed by atoms with Gasteiger partial charge in [0.15, 0.2) is 0 Å². The van der Waals surface area contributed by atoms with E-state index in [1.165, 1.54) is 17.8 Å². The Morgan fingerprint density at radius 2 is 1.96 bits per heavy atom. The maximum atomic E-state index is 12.9. The molecule has 1 amide bonds. The molecule has 3 rings (SSSR count).